The zero-order chi connectivity index (χ0) is 19.1. The Morgan fingerprint density at radius 3 is 2.71 bits per heavy atom. The highest BCUT2D eigenvalue weighted by molar-refractivity contribution is 14.0. The highest BCUT2D eigenvalue weighted by Crippen LogP contribution is 2.27. The van der Waals surface area contributed by atoms with E-state index in [9.17, 15) is 0 Å². The van der Waals surface area contributed by atoms with Crippen molar-refractivity contribution < 1.29 is 4.74 Å². The van der Waals surface area contributed by atoms with Gasteiger partial charge in [0.1, 0.15) is 0 Å². The van der Waals surface area contributed by atoms with Crippen molar-refractivity contribution in [1.82, 2.24) is 20.4 Å². The lowest BCUT2D eigenvalue weighted by molar-refractivity contribution is 0.0177. The van der Waals surface area contributed by atoms with Crippen LogP contribution in [0.1, 0.15) is 35.6 Å². The molecule has 0 radical (unpaired) electrons. The first-order chi connectivity index (χ1) is 13.2. The Labute approximate surface area is 191 Å². The normalized spacial score (nSPS) is 22.7. The van der Waals surface area contributed by atoms with Gasteiger partial charge in [0.05, 0.1) is 19.3 Å². The summed E-state index contributed by atoms with van der Waals surface area (Å²) >= 11 is 1.90. The SMILES string of the molecule is CCN1CCCC1CNC(=NC)NCC(c1ccc(C)s1)N1CCOCC1.I. The highest BCUT2D eigenvalue weighted by atomic mass is 127. The lowest BCUT2D eigenvalue weighted by Gasteiger charge is -2.34. The maximum atomic E-state index is 5.55. The van der Waals surface area contributed by atoms with Crippen molar-refractivity contribution in [2.45, 2.75) is 38.8 Å². The van der Waals surface area contributed by atoms with Crippen LogP contribution in [0.25, 0.3) is 0 Å². The maximum Gasteiger partial charge on any atom is 0.191 e. The van der Waals surface area contributed by atoms with Crippen LogP contribution in [0.15, 0.2) is 17.1 Å². The van der Waals surface area contributed by atoms with Gasteiger partial charge in [0.25, 0.3) is 0 Å². The number of guanidine groups is 1. The van der Waals surface area contributed by atoms with Crippen LogP contribution < -0.4 is 10.6 Å². The van der Waals surface area contributed by atoms with Crippen LogP contribution in [0.5, 0.6) is 0 Å². The second kappa shape index (κ2) is 12.3. The third-order valence-corrected chi connectivity index (χ3v) is 6.77. The number of hydrogen-bond acceptors (Lipinski definition) is 5. The minimum Gasteiger partial charge on any atom is -0.379 e. The van der Waals surface area contributed by atoms with Gasteiger partial charge in [0, 0.05) is 49.0 Å². The molecule has 2 saturated heterocycles. The largest absolute Gasteiger partial charge is 0.379 e. The fourth-order valence-electron chi connectivity index (χ4n) is 4.10. The van der Waals surface area contributed by atoms with E-state index in [0.29, 0.717) is 12.1 Å². The number of halogens is 1. The first kappa shape index (κ1) is 23.9. The molecular formula is C20H36IN5OS. The maximum absolute atomic E-state index is 5.55. The van der Waals surface area contributed by atoms with Gasteiger partial charge in [0.15, 0.2) is 5.96 Å². The molecule has 2 unspecified atom stereocenters. The van der Waals surface area contributed by atoms with Crippen LogP contribution in [-0.2, 0) is 4.74 Å². The van der Waals surface area contributed by atoms with Crippen LogP contribution in [0.2, 0.25) is 0 Å². The number of aryl methyl sites for hydroxylation is 1. The number of nitrogens with one attached hydrogen (secondary N) is 2. The number of likely N-dealkylation sites (tertiary alicyclic amines) is 1. The number of aliphatic imine (C=N–C) groups is 1. The molecule has 2 N–H and O–H groups in total. The Kier molecular flexibility index (Phi) is 10.5. The monoisotopic (exact) mass is 521 g/mol. The minimum absolute atomic E-state index is 0. The van der Waals surface area contributed by atoms with E-state index in [1.54, 1.807) is 0 Å². The van der Waals surface area contributed by atoms with Crippen molar-refractivity contribution in [1.29, 1.82) is 0 Å². The fourth-order valence-corrected chi connectivity index (χ4v) is 5.11. The second-order valence-electron chi connectivity index (χ2n) is 7.37. The molecular weight excluding hydrogens is 485 g/mol. The van der Waals surface area contributed by atoms with E-state index in [0.717, 1.165) is 51.9 Å². The Bertz CT molecular complexity index is 605. The molecule has 0 bridgehead atoms. The van der Waals surface area contributed by atoms with Gasteiger partial charge < -0.3 is 15.4 Å². The van der Waals surface area contributed by atoms with Gasteiger partial charge in [-0.3, -0.25) is 14.8 Å². The van der Waals surface area contributed by atoms with Gasteiger partial charge in [0.2, 0.25) is 0 Å². The molecule has 8 heteroatoms. The van der Waals surface area contributed by atoms with Gasteiger partial charge >= 0.3 is 0 Å². The van der Waals surface area contributed by atoms with Crippen LogP contribution in [0.4, 0.5) is 0 Å². The van der Waals surface area contributed by atoms with Crippen molar-refractivity contribution in [3.05, 3.63) is 21.9 Å². The summed E-state index contributed by atoms with van der Waals surface area (Å²) in [6.45, 7) is 12.2. The zero-order valence-electron chi connectivity index (χ0n) is 17.4. The van der Waals surface area contributed by atoms with Gasteiger partial charge in [-0.15, -0.1) is 35.3 Å². The number of likely N-dealkylation sites (N-methyl/N-ethyl adjacent to an activating group) is 1. The molecule has 3 rings (SSSR count). The molecule has 0 saturated carbocycles. The zero-order valence-corrected chi connectivity index (χ0v) is 20.6. The van der Waals surface area contributed by atoms with E-state index < -0.39 is 0 Å². The Morgan fingerprint density at radius 2 is 2.07 bits per heavy atom. The molecule has 160 valence electrons. The third-order valence-electron chi connectivity index (χ3n) is 5.67. The van der Waals surface area contributed by atoms with Gasteiger partial charge in [-0.05, 0) is 45.0 Å². The molecule has 6 nitrogen and oxygen atoms in total. The molecule has 0 spiro atoms. The van der Waals surface area contributed by atoms with Crippen LogP contribution in [-0.4, -0.2) is 81.3 Å². The standard InChI is InChI=1S/C20H35N5OS.HI/c1-4-24-9-5-6-17(24)14-22-20(21-3)23-15-18(19-8-7-16(2)27-19)25-10-12-26-13-11-25;/h7-8,17-18H,4-6,9-15H2,1-3H3,(H2,21,22,23);1H. The van der Waals surface area contributed by atoms with Crippen molar-refractivity contribution in [2.75, 3.05) is 59.5 Å². The lowest BCUT2D eigenvalue weighted by Crippen LogP contribution is -2.48. The smallest absolute Gasteiger partial charge is 0.191 e. The summed E-state index contributed by atoms with van der Waals surface area (Å²) in [6.07, 6.45) is 2.59. The summed E-state index contributed by atoms with van der Waals surface area (Å²) in [4.78, 5) is 12.3. The molecule has 28 heavy (non-hydrogen) atoms. The quantitative estimate of drug-likeness (QED) is 0.329. The average molecular weight is 522 g/mol. The Morgan fingerprint density at radius 1 is 1.29 bits per heavy atom. The molecule has 0 aromatic carbocycles. The predicted molar refractivity (Wildman–Crippen MR) is 129 cm³/mol. The van der Waals surface area contributed by atoms with Crippen molar-refractivity contribution in [2.24, 2.45) is 4.99 Å². The molecule has 2 aliphatic heterocycles. The summed E-state index contributed by atoms with van der Waals surface area (Å²) in [7, 11) is 1.86. The molecule has 0 amide bonds. The van der Waals surface area contributed by atoms with E-state index in [1.807, 2.05) is 18.4 Å². The van der Waals surface area contributed by atoms with E-state index >= 15 is 0 Å². The molecule has 1 aromatic heterocycles. The molecule has 2 aliphatic rings. The van der Waals surface area contributed by atoms with Gasteiger partial charge in [-0.25, -0.2) is 0 Å². The van der Waals surface area contributed by atoms with E-state index in [-0.39, 0.29) is 24.0 Å². The Balaban J connectivity index is 0.00000280. The van der Waals surface area contributed by atoms with E-state index in [1.165, 1.54) is 29.1 Å². The van der Waals surface area contributed by atoms with Crippen LogP contribution in [0, 0.1) is 6.92 Å². The first-order valence-electron chi connectivity index (χ1n) is 10.3. The summed E-state index contributed by atoms with van der Waals surface area (Å²) in [6, 6.07) is 5.49. The molecule has 0 aliphatic carbocycles. The summed E-state index contributed by atoms with van der Waals surface area (Å²) in [5.74, 6) is 0.907. The number of hydrogen-bond donors (Lipinski definition) is 2. The second-order valence-corrected chi connectivity index (χ2v) is 8.69. The number of nitrogens with zero attached hydrogens (tertiary/aromatic N) is 3. The molecule has 2 atom stereocenters. The van der Waals surface area contributed by atoms with E-state index in [4.69, 9.17) is 4.74 Å². The lowest BCUT2D eigenvalue weighted by atomic mass is 10.2. The highest BCUT2D eigenvalue weighted by Gasteiger charge is 2.25. The topological polar surface area (TPSA) is 52.1 Å². The summed E-state index contributed by atoms with van der Waals surface area (Å²) in [5.41, 5.74) is 0. The summed E-state index contributed by atoms with van der Waals surface area (Å²) in [5, 5.41) is 7.12. The molecule has 1 aromatic rings. The number of rotatable bonds is 7. The Hall–Kier alpha value is -0.420. The van der Waals surface area contributed by atoms with Crippen LogP contribution >= 0.6 is 35.3 Å². The predicted octanol–water partition coefficient (Wildman–Crippen LogP) is 2.70. The minimum atomic E-state index is 0. The van der Waals surface area contributed by atoms with Gasteiger partial charge in [-0.1, -0.05) is 6.92 Å². The van der Waals surface area contributed by atoms with Gasteiger partial charge in [-0.2, -0.15) is 0 Å². The number of ether oxygens (including phenoxy) is 1. The van der Waals surface area contributed by atoms with Crippen molar-refractivity contribution in [3.63, 3.8) is 0 Å². The van der Waals surface area contributed by atoms with Crippen molar-refractivity contribution >= 4 is 41.3 Å². The number of morpholine rings is 1. The molecule has 3 heterocycles. The third kappa shape index (κ3) is 6.55. The van der Waals surface area contributed by atoms with Crippen LogP contribution in [0.3, 0.4) is 0 Å². The fraction of sp³-hybridized carbons (Fsp3) is 0.750. The molecule has 2 fully saturated rings. The first-order valence-corrected chi connectivity index (χ1v) is 11.1. The van der Waals surface area contributed by atoms with E-state index in [2.05, 4.69) is 51.4 Å². The average Bonchev–Trinajstić information content (AvgIpc) is 3.34. The summed E-state index contributed by atoms with van der Waals surface area (Å²) < 4.78 is 5.55. The van der Waals surface area contributed by atoms with Crippen molar-refractivity contribution in [3.8, 4) is 0 Å². The number of thiophene rings is 1.